The van der Waals surface area contributed by atoms with Crippen molar-refractivity contribution in [2.45, 2.75) is 38.9 Å². The summed E-state index contributed by atoms with van der Waals surface area (Å²) in [6.07, 6.45) is 3.00. The van der Waals surface area contributed by atoms with Crippen molar-refractivity contribution in [1.29, 1.82) is 0 Å². The van der Waals surface area contributed by atoms with Gasteiger partial charge >= 0.3 is 7.12 Å². The molecule has 9 heteroatoms. The first-order valence-corrected chi connectivity index (χ1v) is 7.66. The van der Waals surface area contributed by atoms with Crippen molar-refractivity contribution in [2.75, 3.05) is 5.32 Å². The molecule has 3 rings (SSSR count). The lowest BCUT2D eigenvalue weighted by atomic mass is 9.84. The van der Waals surface area contributed by atoms with Gasteiger partial charge in [-0.15, -0.1) is 0 Å². The van der Waals surface area contributed by atoms with Crippen molar-refractivity contribution >= 4 is 24.2 Å². The summed E-state index contributed by atoms with van der Waals surface area (Å²) in [4.78, 5) is 20.2. The van der Waals surface area contributed by atoms with Crippen molar-refractivity contribution in [3.05, 3.63) is 35.0 Å². The Morgan fingerprint density at radius 2 is 1.88 bits per heavy atom. The van der Waals surface area contributed by atoms with E-state index in [2.05, 4.69) is 20.4 Å². The topological polar surface area (TPSA) is 91.2 Å². The first-order chi connectivity index (χ1) is 11.2. The van der Waals surface area contributed by atoms with Crippen LogP contribution < -0.4 is 16.5 Å². The van der Waals surface area contributed by atoms with Crippen LogP contribution in [0.2, 0.25) is 0 Å². The van der Waals surface area contributed by atoms with Crippen LogP contribution in [0.3, 0.4) is 0 Å². The van der Waals surface area contributed by atoms with E-state index in [1.807, 2.05) is 27.7 Å². The van der Waals surface area contributed by atoms with E-state index in [0.29, 0.717) is 17.1 Å². The van der Waals surface area contributed by atoms with E-state index in [0.717, 1.165) is 0 Å². The van der Waals surface area contributed by atoms with Gasteiger partial charge in [0.05, 0.1) is 16.8 Å². The Labute approximate surface area is 140 Å². The van der Waals surface area contributed by atoms with Gasteiger partial charge in [-0.3, -0.25) is 4.79 Å². The molecule has 8 nitrogen and oxygen atoms in total. The van der Waals surface area contributed by atoms with Gasteiger partial charge in [-0.1, -0.05) is 0 Å². The summed E-state index contributed by atoms with van der Waals surface area (Å²) in [6, 6.07) is 3.31. The Hall–Kier alpha value is -2.26. The summed E-state index contributed by atoms with van der Waals surface area (Å²) < 4.78 is 13.2. The van der Waals surface area contributed by atoms with Gasteiger partial charge in [-0.2, -0.15) is 5.10 Å². The van der Waals surface area contributed by atoms with Gasteiger partial charge in [0, 0.05) is 13.2 Å². The highest BCUT2D eigenvalue weighted by Gasteiger charge is 2.52. The fourth-order valence-electron chi connectivity index (χ4n) is 2.30. The molecular weight excluding hydrogens is 309 g/mol. The average molecular weight is 329 g/mol. The summed E-state index contributed by atoms with van der Waals surface area (Å²) in [7, 11) is 0.940. The minimum absolute atomic E-state index is 0.270. The minimum Gasteiger partial charge on any atom is -0.398 e. The van der Waals surface area contributed by atoms with Gasteiger partial charge in [-0.25, -0.2) is 14.6 Å². The summed E-state index contributed by atoms with van der Waals surface area (Å²) in [5.41, 5.74) is -0.361. The van der Waals surface area contributed by atoms with Gasteiger partial charge in [-0.05, 0) is 39.8 Å². The molecule has 126 valence electrons. The Kier molecular flexibility index (Phi) is 3.93. The normalized spacial score (nSPS) is 18.6. The standard InChI is InChI=1S/C15H20BN5O3/c1-14(2)15(3,4)24-16(23-14)11-8-10(13(22)21(5)20-11)19-12-6-7-17-9-18-12/h6-9H,1-5H3,(H,17,18,19). The lowest BCUT2D eigenvalue weighted by Gasteiger charge is -2.32. The van der Waals surface area contributed by atoms with Gasteiger partial charge in [0.15, 0.2) is 0 Å². The van der Waals surface area contributed by atoms with E-state index in [-0.39, 0.29) is 5.56 Å². The number of hydrogen-bond donors (Lipinski definition) is 1. The molecule has 0 bridgehead atoms. The second-order valence-corrected chi connectivity index (χ2v) is 6.72. The van der Waals surface area contributed by atoms with Crippen molar-refractivity contribution in [3.63, 3.8) is 0 Å². The van der Waals surface area contributed by atoms with Gasteiger partial charge in [0.25, 0.3) is 5.56 Å². The molecule has 3 heterocycles. The Morgan fingerprint density at radius 3 is 2.46 bits per heavy atom. The zero-order valence-corrected chi connectivity index (χ0v) is 14.4. The quantitative estimate of drug-likeness (QED) is 0.825. The maximum absolute atomic E-state index is 12.3. The zero-order chi connectivity index (χ0) is 17.5. The molecule has 0 aliphatic carbocycles. The number of rotatable bonds is 3. The van der Waals surface area contributed by atoms with Crippen molar-refractivity contribution in [3.8, 4) is 0 Å². The average Bonchev–Trinajstić information content (AvgIpc) is 2.73. The predicted molar refractivity (Wildman–Crippen MR) is 90.5 cm³/mol. The number of hydrogen-bond acceptors (Lipinski definition) is 7. The number of nitrogens with zero attached hydrogens (tertiary/aromatic N) is 4. The second-order valence-electron chi connectivity index (χ2n) is 6.72. The molecule has 1 aliphatic heterocycles. The molecule has 2 aromatic rings. The Bertz CT molecular complexity index is 791. The third-order valence-electron chi connectivity index (χ3n) is 4.42. The Morgan fingerprint density at radius 1 is 1.21 bits per heavy atom. The van der Waals surface area contributed by atoms with Crippen molar-refractivity contribution in [2.24, 2.45) is 7.05 Å². The SMILES string of the molecule is Cn1nc(B2OC(C)(C)C(C)(C)O2)cc(Nc2ccncn2)c1=O. The second kappa shape index (κ2) is 5.68. The molecule has 0 atom stereocenters. The lowest BCUT2D eigenvalue weighted by Crippen LogP contribution is -2.41. The number of nitrogens with one attached hydrogen (secondary N) is 1. The predicted octanol–water partition coefficient (Wildman–Crippen LogP) is 0.613. The lowest BCUT2D eigenvalue weighted by molar-refractivity contribution is 0.00578. The van der Waals surface area contributed by atoms with Crippen LogP contribution in [0.25, 0.3) is 0 Å². The van der Waals surface area contributed by atoms with Gasteiger partial charge in [0.2, 0.25) is 0 Å². The molecule has 2 aromatic heterocycles. The highest BCUT2D eigenvalue weighted by Crippen LogP contribution is 2.36. The van der Waals surface area contributed by atoms with Crippen LogP contribution in [0.1, 0.15) is 27.7 Å². The van der Waals surface area contributed by atoms with E-state index in [1.165, 1.54) is 11.0 Å². The highest BCUT2D eigenvalue weighted by atomic mass is 16.7. The molecule has 0 amide bonds. The maximum atomic E-state index is 12.3. The van der Waals surface area contributed by atoms with Crippen LogP contribution in [-0.4, -0.2) is 38.1 Å². The zero-order valence-electron chi connectivity index (χ0n) is 14.4. The van der Waals surface area contributed by atoms with Crippen LogP contribution in [0.15, 0.2) is 29.5 Å². The maximum Gasteiger partial charge on any atom is 0.516 e. The van der Waals surface area contributed by atoms with Crippen LogP contribution >= 0.6 is 0 Å². The van der Waals surface area contributed by atoms with Crippen LogP contribution in [0.4, 0.5) is 11.5 Å². The number of anilines is 2. The van der Waals surface area contributed by atoms with Crippen LogP contribution in [-0.2, 0) is 16.4 Å². The van der Waals surface area contributed by atoms with E-state index < -0.39 is 18.3 Å². The molecule has 0 radical (unpaired) electrons. The van der Waals surface area contributed by atoms with Crippen LogP contribution in [0.5, 0.6) is 0 Å². The number of aryl methyl sites for hydroxylation is 1. The molecule has 1 aliphatic rings. The molecular formula is C15H20BN5O3. The molecule has 0 unspecified atom stereocenters. The summed E-state index contributed by atoms with van der Waals surface area (Å²) in [5.74, 6) is 0.521. The molecule has 1 fully saturated rings. The monoisotopic (exact) mass is 329 g/mol. The molecule has 1 N–H and O–H groups in total. The molecule has 24 heavy (non-hydrogen) atoms. The minimum atomic E-state index is -0.646. The first kappa shape index (κ1) is 16.6. The first-order valence-electron chi connectivity index (χ1n) is 7.66. The number of aromatic nitrogens is 4. The molecule has 0 aromatic carbocycles. The molecule has 0 spiro atoms. The van der Waals surface area contributed by atoms with Crippen molar-refractivity contribution in [1.82, 2.24) is 19.7 Å². The molecule has 1 saturated heterocycles. The fourth-order valence-corrected chi connectivity index (χ4v) is 2.30. The van der Waals surface area contributed by atoms with Crippen molar-refractivity contribution < 1.29 is 9.31 Å². The summed E-state index contributed by atoms with van der Waals surface area (Å²) in [6.45, 7) is 7.87. The third kappa shape index (κ3) is 2.92. The van der Waals surface area contributed by atoms with E-state index in [4.69, 9.17) is 9.31 Å². The summed E-state index contributed by atoms with van der Waals surface area (Å²) in [5, 5.41) is 7.25. The highest BCUT2D eigenvalue weighted by molar-refractivity contribution is 6.61. The van der Waals surface area contributed by atoms with E-state index in [9.17, 15) is 4.79 Å². The van der Waals surface area contributed by atoms with Gasteiger partial charge < -0.3 is 14.6 Å². The third-order valence-corrected chi connectivity index (χ3v) is 4.42. The fraction of sp³-hybridized carbons (Fsp3) is 0.467. The Balaban J connectivity index is 1.95. The van der Waals surface area contributed by atoms with Gasteiger partial charge in [0.1, 0.15) is 17.8 Å². The smallest absolute Gasteiger partial charge is 0.398 e. The van der Waals surface area contributed by atoms with E-state index >= 15 is 0 Å². The van der Waals surface area contributed by atoms with Crippen LogP contribution in [0, 0.1) is 0 Å². The summed E-state index contributed by atoms with van der Waals surface area (Å²) >= 11 is 0. The largest absolute Gasteiger partial charge is 0.516 e. The van der Waals surface area contributed by atoms with E-state index in [1.54, 1.807) is 25.4 Å². The molecule has 0 saturated carbocycles.